The zero-order valence-electron chi connectivity index (χ0n) is 10.4. The van der Waals surface area contributed by atoms with Crippen molar-refractivity contribution in [2.45, 2.75) is 46.1 Å². The summed E-state index contributed by atoms with van der Waals surface area (Å²) in [4.78, 5) is 11.3. The van der Waals surface area contributed by atoms with Gasteiger partial charge in [0.1, 0.15) is 0 Å². The Kier molecular flexibility index (Phi) is 2.60. The molecule has 6 heteroatoms. The van der Waals surface area contributed by atoms with Crippen LogP contribution in [0.2, 0.25) is 0 Å². The predicted molar refractivity (Wildman–Crippen MR) is 63.1 cm³/mol. The topological polar surface area (TPSA) is 83.5 Å². The molecular formula is C11H19NO4S. The highest BCUT2D eigenvalue weighted by Crippen LogP contribution is 2.65. The lowest BCUT2D eigenvalue weighted by molar-refractivity contribution is 0.125. The average Bonchev–Trinajstić information content (AvgIpc) is 2.49. The second-order valence-corrected chi connectivity index (χ2v) is 7.39. The van der Waals surface area contributed by atoms with Crippen LogP contribution in [0.3, 0.4) is 0 Å². The Hall–Kier alpha value is -0.620. The third-order valence-electron chi connectivity index (χ3n) is 5.32. The molecule has 1 amide bonds. The van der Waals surface area contributed by atoms with Crippen molar-refractivity contribution in [1.29, 1.82) is 0 Å². The Morgan fingerprint density at radius 2 is 1.94 bits per heavy atom. The number of fused-ring (bicyclic) bond motifs is 2. The van der Waals surface area contributed by atoms with Gasteiger partial charge >= 0.3 is 15.4 Å². The number of hydrogen-bond donors (Lipinski definition) is 2. The van der Waals surface area contributed by atoms with Gasteiger partial charge in [-0.05, 0) is 36.0 Å². The van der Waals surface area contributed by atoms with Crippen LogP contribution in [-0.2, 0) is 10.1 Å². The van der Waals surface area contributed by atoms with Gasteiger partial charge in [-0.15, -0.1) is 0 Å². The molecule has 3 unspecified atom stereocenters. The predicted octanol–water partition coefficient (Wildman–Crippen LogP) is 1.80. The number of carbonyl (C=O) groups excluding carboxylic acids is 1. The summed E-state index contributed by atoms with van der Waals surface area (Å²) in [6, 6.07) is -0.161. The molecule has 2 bridgehead atoms. The zero-order valence-corrected chi connectivity index (χ0v) is 11.2. The third kappa shape index (κ3) is 1.69. The maximum absolute atomic E-state index is 11.3. The van der Waals surface area contributed by atoms with Crippen LogP contribution in [0.4, 0.5) is 4.79 Å². The highest BCUT2D eigenvalue weighted by molar-refractivity contribution is 8.01. The summed E-state index contributed by atoms with van der Waals surface area (Å²) < 4.78 is 30.2. The van der Waals surface area contributed by atoms with E-state index in [0.29, 0.717) is 5.92 Å². The maximum atomic E-state index is 11.3. The summed E-state index contributed by atoms with van der Waals surface area (Å²) in [7, 11) is -4.62. The minimum atomic E-state index is -4.62. The van der Waals surface area contributed by atoms with Gasteiger partial charge in [0, 0.05) is 6.04 Å². The zero-order chi connectivity index (χ0) is 13.1. The van der Waals surface area contributed by atoms with Crippen molar-refractivity contribution in [3.8, 4) is 0 Å². The minimum Gasteiger partial charge on any atom is -0.337 e. The lowest BCUT2D eigenvalue weighted by atomic mass is 9.69. The Labute approximate surface area is 102 Å². The molecule has 2 N–H and O–H groups in total. The van der Waals surface area contributed by atoms with E-state index in [4.69, 9.17) is 4.55 Å². The van der Waals surface area contributed by atoms with Gasteiger partial charge in [-0.1, -0.05) is 20.8 Å². The molecule has 0 aromatic rings. The summed E-state index contributed by atoms with van der Waals surface area (Å²) in [5, 5.41) is 1.20. The summed E-state index contributed by atoms with van der Waals surface area (Å²) in [6.45, 7) is 6.43. The molecule has 2 saturated carbocycles. The van der Waals surface area contributed by atoms with Gasteiger partial charge in [0.25, 0.3) is 0 Å². The summed E-state index contributed by atoms with van der Waals surface area (Å²) in [5.41, 5.74) is 0.0161. The SMILES string of the molecule is CC1(C)C2CCC1(C)C(NC(=O)S(=O)(=O)O)C2. The Morgan fingerprint density at radius 1 is 1.35 bits per heavy atom. The molecule has 0 heterocycles. The molecule has 2 rings (SSSR count). The van der Waals surface area contributed by atoms with Gasteiger partial charge in [-0.25, -0.2) is 0 Å². The molecule has 2 aliphatic rings. The molecule has 17 heavy (non-hydrogen) atoms. The van der Waals surface area contributed by atoms with Gasteiger partial charge in [0.05, 0.1) is 0 Å². The number of rotatable bonds is 1. The van der Waals surface area contributed by atoms with E-state index in [-0.39, 0.29) is 16.9 Å². The van der Waals surface area contributed by atoms with Crippen LogP contribution in [0.15, 0.2) is 0 Å². The minimum absolute atomic E-state index is 0.0853. The fourth-order valence-corrected chi connectivity index (χ4v) is 3.93. The molecular weight excluding hydrogens is 242 g/mol. The van der Waals surface area contributed by atoms with Crippen molar-refractivity contribution < 1.29 is 17.8 Å². The first-order valence-corrected chi connectivity index (χ1v) is 7.31. The van der Waals surface area contributed by atoms with Crippen LogP contribution in [0.5, 0.6) is 0 Å². The van der Waals surface area contributed by atoms with Crippen molar-refractivity contribution in [3.63, 3.8) is 0 Å². The smallest absolute Gasteiger partial charge is 0.337 e. The van der Waals surface area contributed by atoms with Crippen LogP contribution < -0.4 is 5.32 Å². The van der Waals surface area contributed by atoms with Crippen molar-refractivity contribution in [2.24, 2.45) is 16.7 Å². The van der Waals surface area contributed by atoms with E-state index in [0.717, 1.165) is 19.3 Å². The van der Waals surface area contributed by atoms with Gasteiger partial charge in [-0.2, -0.15) is 8.42 Å². The van der Waals surface area contributed by atoms with E-state index in [9.17, 15) is 13.2 Å². The number of hydrogen-bond acceptors (Lipinski definition) is 3. The highest BCUT2D eigenvalue weighted by atomic mass is 32.2. The van der Waals surface area contributed by atoms with Crippen LogP contribution >= 0.6 is 0 Å². The number of nitrogens with one attached hydrogen (secondary N) is 1. The van der Waals surface area contributed by atoms with Gasteiger partial charge in [-0.3, -0.25) is 9.35 Å². The fraction of sp³-hybridized carbons (Fsp3) is 0.909. The number of carbonyl (C=O) groups is 1. The first kappa shape index (κ1) is 12.8. The van der Waals surface area contributed by atoms with Crippen LogP contribution in [-0.4, -0.2) is 24.3 Å². The summed E-state index contributed by atoms with van der Waals surface area (Å²) >= 11 is 0. The first-order chi connectivity index (χ1) is 7.59. The fourth-order valence-electron chi connectivity index (χ4n) is 3.64. The van der Waals surface area contributed by atoms with Crippen LogP contribution in [0.1, 0.15) is 40.0 Å². The molecule has 0 spiro atoms. The van der Waals surface area contributed by atoms with Crippen molar-refractivity contribution in [2.75, 3.05) is 0 Å². The van der Waals surface area contributed by atoms with Crippen molar-refractivity contribution >= 4 is 15.4 Å². The van der Waals surface area contributed by atoms with E-state index in [1.54, 1.807) is 0 Å². The van der Waals surface area contributed by atoms with Gasteiger partial charge < -0.3 is 5.32 Å². The standard InChI is InChI=1S/C11H19NO4S/c1-10(2)7-4-5-11(10,3)8(6-7)12-9(13)17(14,15)16/h7-8H,4-6H2,1-3H3,(H,12,13)(H,14,15,16). The van der Waals surface area contributed by atoms with Crippen LogP contribution in [0.25, 0.3) is 0 Å². The Balaban J connectivity index is 2.20. The lowest BCUT2D eigenvalue weighted by Crippen LogP contribution is -2.48. The van der Waals surface area contributed by atoms with Gasteiger partial charge in [0.2, 0.25) is 0 Å². The maximum Gasteiger partial charge on any atom is 0.363 e. The molecule has 0 saturated heterocycles. The molecule has 0 radical (unpaired) electrons. The molecule has 0 aliphatic heterocycles. The normalized spacial score (nSPS) is 39.3. The van der Waals surface area contributed by atoms with Crippen LogP contribution in [0, 0.1) is 16.7 Å². The number of amides is 1. The molecule has 5 nitrogen and oxygen atoms in total. The van der Waals surface area contributed by atoms with Crippen molar-refractivity contribution in [1.82, 2.24) is 5.32 Å². The quantitative estimate of drug-likeness (QED) is 0.705. The second kappa shape index (κ2) is 3.45. The Bertz CT molecular complexity index is 456. The van der Waals surface area contributed by atoms with E-state index in [2.05, 4.69) is 26.1 Å². The first-order valence-electron chi connectivity index (χ1n) is 5.87. The molecule has 2 fully saturated rings. The largest absolute Gasteiger partial charge is 0.363 e. The van der Waals surface area contributed by atoms with E-state index in [1.165, 1.54) is 0 Å². The Morgan fingerprint density at radius 3 is 2.29 bits per heavy atom. The average molecular weight is 261 g/mol. The molecule has 98 valence electrons. The van der Waals surface area contributed by atoms with Gasteiger partial charge in [0.15, 0.2) is 0 Å². The third-order valence-corrected chi connectivity index (χ3v) is 5.91. The second-order valence-electron chi connectivity index (χ2n) is 6.07. The highest BCUT2D eigenvalue weighted by Gasteiger charge is 2.61. The molecule has 0 aromatic carbocycles. The van der Waals surface area contributed by atoms with E-state index < -0.39 is 15.4 Å². The molecule has 0 aromatic heterocycles. The van der Waals surface area contributed by atoms with E-state index >= 15 is 0 Å². The monoisotopic (exact) mass is 261 g/mol. The van der Waals surface area contributed by atoms with Crippen molar-refractivity contribution in [3.05, 3.63) is 0 Å². The summed E-state index contributed by atoms with van der Waals surface area (Å²) in [6.07, 6.45) is 2.91. The molecule has 3 atom stereocenters. The lowest BCUT2D eigenvalue weighted by Gasteiger charge is -2.39. The molecule has 2 aliphatic carbocycles. The van der Waals surface area contributed by atoms with E-state index in [1.807, 2.05) is 0 Å². The summed E-state index contributed by atoms with van der Waals surface area (Å²) in [5.74, 6) is 0.513.